The van der Waals surface area contributed by atoms with Gasteiger partial charge in [-0.05, 0) is 30.4 Å². The summed E-state index contributed by atoms with van der Waals surface area (Å²) in [5.41, 5.74) is 8.67. The van der Waals surface area contributed by atoms with Crippen LogP contribution in [0.15, 0.2) is 65.7 Å². The Hall–Kier alpha value is -2.33. The molecule has 0 aliphatic carbocycles. The monoisotopic (exact) mass is 337 g/mol. The van der Waals surface area contributed by atoms with Crippen molar-refractivity contribution in [1.82, 2.24) is 5.32 Å². The average molecular weight is 337 g/mol. The Labute approximate surface area is 150 Å². The van der Waals surface area contributed by atoms with Gasteiger partial charge < -0.3 is 15.8 Å². The van der Waals surface area contributed by atoms with Crippen molar-refractivity contribution in [3.63, 3.8) is 0 Å². The van der Waals surface area contributed by atoms with Crippen molar-refractivity contribution in [2.45, 2.75) is 31.3 Å². The van der Waals surface area contributed by atoms with Crippen LogP contribution < -0.4 is 11.1 Å². The first-order chi connectivity index (χ1) is 12.3. The highest BCUT2D eigenvalue weighted by Gasteiger charge is 2.15. The van der Waals surface area contributed by atoms with E-state index in [1.165, 1.54) is 11.1 Å². The van der Waals surface area contributed by atoms with Crippen LogP contribution in [0.4, 0.5) is 0 Å². The highest BCUT2D eigenvalue weighted by Crippen LogP contribution is 2.21. The molecule has 1 heterocycles. The fourth-order valence-electron chi connectivity index (χ4n) is 3.20. The summed E-state index contributed by atoms with van der Waals surface area (Å²) >= 11 is 0. The molecular weight excluding hydrogens is 310 g/mol. The van der Waals surface area contributed by atoms with Gasteiger partial charge in [0.2, 0.25) is 0 Å². The fourth-order valence-corrected chi connectivity index (χ4v) is 3.20. The van der Waals surface area contributed by atoms with Crippen molar-refractivity contribution in [3.05, 3.63) is 71.8 Å². The number of nitrogens with two attached hydrogens (primary N) is 1. The molecule has 1 aliphatic rings. The number of hydrogen-bond donors (Lipinski definition) is 2. The summed E-state index contributed by atoms with van der Waals surface area (Å²) in [5, 5.41) is 3.20. The molecule has 132 valence electrons. The molecule has 1 saturated heterocycles. The van der Waals surface area contributed by atoms with Crippen LogP contribution in [-0.4, -0.2) is 31.8 Å². The number of nitrogens with zero attached hydrogens (tertiary/aromatic N) is 1. The number of benzene rings is 2. The van der Waals surface area contributed by atoms with E-state index in [-0.39, 0.29) is 6.10 Å². The number of guanidine groups is 1. The third kappa shape index (κ3) is 5.61. The Morgan fingerprint density at radius 1 is 1.12 bits per heavy atom. The summed E-state index contributed by atoms with van der Waals surface area (Å²) in [5.74, 6) is 0.816. The number of nitrogens with one attached hydrogen (secondary N) is 1. The molecular formula is C21H27N3O. The molecule has 2 atom stereocenters. The van der Waals surface area contributed by atoms with Crippen molar-refractivity contribution in [2.75, 3.05) is 19.7 Å². The molecule has 25 heavy (non-hydrogen) atoms. The summed E-state index contributed by atoms with van der Waals surface area (Å²) in [4.78, 5) is 4.59. The van der Waals surface area contributed by atoms with Crippen molar-refractivity contribution >= 4 is 5.96 Å². The van der Waals surface area contributed by atoms with Crippen LogP contribution in [-0.2, 0) is 11.2 Å². The molecule has 2 unspecified atom stereocenters. The van der Waals surface area contributed by atoms with Gasteiger partial charge in [0.05, 0.1) is 6.10 Å². The second kappa shape index (κ2) is 9.23. The first-order valence-corrected chi connectivity index (χ1v) is 9.05. The average Bonchev–Trinajstić information content (AvgIpc) is 3.18. The summed E-state index contributed by atoms with van der Waals surface area (Å²) in [6, 6.07) is 21.1. The quantitative estimate of drug-likeness (QED) is 0.603. The lowest BCUT2D eigenvalue weighted by Gasteiger charge is -2.17. The lowest BCUT2D eigenvalue weighted by Crippen LogP contribution is -2.37. The molecule has 0 saturated carbocycles. The Balaban J connectivity index is 1.61. The maximum atomic E-state index is 6.05. The lowest BCUT2D eigenvalue weighted by molar-refractivity contribution is 0.114. The number of aliphatic imine (C=N–C) groups is 1. The number of hydrogen-bond acceptors (Lipinski definition) is 2. The van der Waals surface area contributed by atoms with Crippen molar-refractivity contribution in [1.29, 1.82) is 0 Å². The predicted molar refractivity (Wildman–Crippen MR) is 103 cm³/mol. The molecule has 1 fully saturated rings. The fraction of sp³-hybridized carbons (Fsp3) is 0.381. The van der Waals surface area contributed by atoms with Gasteiger partial charge in [0.25, 0.3) is 0 Å². The number of rotatable bonds is 7. The zero-order valence-corrected chi connectivity index (χ0v) is 14.6. The van der Waals surface area contributed by atoms with E-state index in [2.05, 4.69) is 58.8 Å². The van der Waals surface area contributed by atoms with E-state index in [0.29, 0.717) is 18.4 Å². The summed E-state index contributed by atoms with van der Waals surface area (Å²) in [6.07, 6.45) is 3.45. The van der Waals surface area contributed by atoms with Crippen molar-refractivity contribution < 1.29 is 4.74 Å². The van der Waals surface area contributed by atoms with Crippen LogP contribution >= 0.6 is 0 Å². The molecule has 0 spiro atoms. The van der Waals surface area contributed by atoms with Crippen LogP contribution in [0.2, 0.25) is 0 Å². The molecule has 4 heteroatoms. The molecule has 3 N–H and O–H groups in total. The molecule has 0 amide bonds. The third-order valence-corrected chi connectivity index (χ3v) is 4.61. The second-order valence-electron chi connectivity index (χ2n) is 6.54. The largest absolute Gasteiger partial charge is 0.376 e. The Morgan fingerprint density at radius 3 is 2.52 bits per heavy atom. The van der Waals surface area contributed by atoms with Crippen LogP contribution in [0.5, 0.6) is 0 Å². The minimum absolute atomic E-state index is 0.267. The zero-order chi connectivity index (χ0) is 17.3. The Bertz CT molecular complexity index is 651. The zero-order valence-electron chi connectivity index (χ0n) is 14.6. The van der Waals surface area contributed by atoms with Gasteiger partial charge in [-0.15, -0.1) is 0 Å². The molecule has 2 aromatic rings. The standard InChI is InChI=1S/C21H27N3O/c22-21(24-16-20-12-7-13-25-20)23-15-19(18-10-5-2-6-11-18)14-17-8-3-1-4-9-17/h1-6,8-11,19-20H,7,12-16H2,(H3,22,23,24). The Kier molecular flexibility index (Phi) is 6.46. The first-order valence-electron chi connectivity index (χ1n) is 9.05. The maximum Gasteiger partial charge on any atom is 0.188 e. The first kappa shape index (κ1) is 17.5. The predicted octanol–water partition coefficient (Wildman–Crippen LogP) is 3.10. The molecule has 0 radical (unpaired) electrons. The minimum atomic E-state index is 0.267. The van der Waals surface area contributed by atoms with Crippen LogP contribution in [0.3, 0.4) is 0 Å². The molecule has 3 rings (SSSR count). The molecule has 0 aromatic heterocycles. The van der Waals surface area contributed by atoms with E-state index >= 15 is 0 Å². The number of ether oxygens (including phenoxy) is 1. The van der Waals surface area contributed by atoms with E-state index in [0.717, 1.165) is 32.4 Å². The molecule has 4 nitrogen and oxygen atoms in total. The van der Waals surface area contributed by atoms with Crippen LogP contribution in [0.1, 0.15) is 29.9 Å². The van der Waals surface area contributed by atoms with E-state index < -0.39 is 0 Å². The van der Waals surface area contributed by atoms with E-state index in [1.54, 1.807) is 0 Å². The minimum Gasteiger partial charge on any atom is -0.376 e. The van der Waals surface area contributed by atoms with Crippen molar-refractivity contribution in [3.8, 4) is 0 Å². The highest BCUT2D eigenvalue weighted by molar-refractivity contribution is 5.77. The van der Waals surface area contributed by atoms with Gasteiger partial charge in [0.15, 0.2) is 5.96 Å². The van der Waals surface area contributed by atoms with E-state index in [9.17, 15) is 0 Å². The van der Waals surface area contributed by atoms with Crippen LogP contribution in [0, 0.1) is 0 Å². The van der Waals surface area contributed by atoms with Gasteiger partial charge in [-0.2, -0.15) is 0 Å². The lowest BCUT2D eigenvalue weighted by atomic mass is 9.92. The van der Waals surface area contributed by atoms with Gasteiger partial charge in [0, 0.05) is 25.6 Å². The topological polar surface area (TPSA) is 59.6 Å². The molecule has 2 aromatic carbocycles. The van der Waals surface area contributed by atoms with Gasteiger partial charge in [-0.1, -0.05) is 60.7 Å². The van der Waals surface area contributed by atoms with Gasteiger partial charge in [0.1, 0.15) is 0 Å². The summed E-state index contributed by atoms with van der Waals surface area (Å²) < 4.78 is 5.60. The highest BCUT2D eigenvalue weighted by atomic mass is 16.5. The smallest absolute Gasteiger partial charge is 0.188 e. The second-order valence-corrected chi connectivity index (χ2v) is 6.54. The normalized spacial score (nSPS) is 18.9. The van der Waals surface area contributed by atoms with Gasteiger partial charge in [-0.25, -0.2) is 0 Å². The summed E-state index contributed by atoms with van der Waals surface area (Å²) in [7, 11) is 0. The van der Waals surface area contributed by atoms with Crippen molar-refractivity contribution in [2.24, 2.45) is 10.7 Å². The van der Waals surface area contributed by atoms with E-state index in [1.807, 2.05) is 12.1 Å². The van der Waals surface area contributed by atoms with E-state index in [4.69, 9.17) is 10.5 Å². The SMILES string of the molecule is NC(=NCC(Cc1ccccc1)c1ccccc1)NCC1CCCO1. The maximum absolute atomic E-state index is 6.05. The Morgan fingerprint density at radius 2 is 1.84 bits per heavy atom. The molecule has 1 aliphatic heterocycles. The third-order valence-electron chi connectivity index (χ3n) is 4.61. The summed E-state index contributed by atoms with van der Waals surface area (Å²) in [6.45, 7) is 2.27. The van der Waals surface area contributed by atoms with Crippen LogP contribution in [0.25, 0.3) is 0 Å². The van der Waals surface area contributed by atoms with Gasteiger partial charge >= 0.3 is 0 Å². The van der Waals surface area contributed by atoms with Gasteiger partial charge in [-0.3, -0.25) is 4.99 Å². The molecule has 0 bridgehead atoms.